The Hall–Kier alpha value is -2.26. The number of azide groups is 1. The average Bonchev–Trinajstić information content (AvgIpc) is 2.73. The summed E-state index contributed by atoms with van der Waals surface area (Å²) in [6, 6.07) is 5.91. The molecule has 2 aromatic rings. The number of benzene rings is 1. The molecule has 0 saturated carbocycles. The molecule has 0 aliphatic carbocycles. The van der Waals surface area contributed by atoms with E-state index in [9.17, 15) is 0 Å². The number of hydrogen-bond acceptors (Lipinski definition) is 2. The SMILES string of the molecule is [N-]=[N+]=NCC=Cc1cccc2[nH]ncc12. The van der Waals surface area contributed by atoms with Gasteiger partial charge in [0, 0.05) is 16.8 Å². The summed E-state index contributed by atoms with van der Waals surface area (Å²) >= 11 is 0. The van der Waals surface area contributed by atoms with Crippen LogP contribution in [0.15, 0.2) is 35.6 Å². The molecule has 1 heterocycles. The van der Waals surface area contributed by atoms with Gasteiger partial charge in [0.05, 0.1) is 11.7 Å². The Balaban J connectivity index is 2.31. The topological polar surface area (TPSA) is 77.4 Å². The molecular formula is C10H9N5. The van der Waals surface area contributed by atoms with E-state index in [0.717, 1.165) is 16.5 Å². The van der Waals surface area contributed by atoms with E-state index in [1.165, 1.54) is 0 Å². The molecule has 0 atom stereocenters. The lowest BCUT2D eigenvalue weighted by molar-refractivity contribution is 1.12. The van der Waals surface area contributed by atoms with Crippen LogP contribution >= 0.6 is 0 Å². The third-order valence-electron chi connectivity index (χ3n) is 2.07. The number of rotatable bonds is 3. The molecule has 15 heavy (non-hydrogen) atoms. The first-order valence-electron chi connectivity index (χ1n) is 4.51. The second-order valence-electron chi connectivity index (χ2n) is 2.99. The minimum atomic E-state index is 0.366. The van der Waals surface area contributed by atoms with Gasteiger partial charge in [-0.2, -0.15) is 5.10 Å². The first-order valence-corrected chi connectivity index (χ1v) is 4.51. The van der Waals surface area contributed by atoms with Crippen molar-refractivity contribution >= 4 is 17.0 Å². The highest BCUT2D eigenvalue weighted by molar-refractivity contribution is 5.87. The van der Waals surface area contributed by atoms with Crippen LogP contribution in [-0.4, -0.2) is 16.7 Å². The van der Waals surface area contributed by atoms with Crippen molar-refractivity contribution in [2.24, 2.45) is 5.11 Å². The van der Waals surface area contributed by atoms with Gasteiger partial charge in [-0.25, -0.2) is 0 Å². The van der Waals surface area contributed by atoms with Crippen molar-refractivity contribution in [3.8, 4) is 0 Å². The van der Waals surface area contributed by atoms with Gasteiger partial charge in [-0.15, -0.1) is 0 Å². The number of aromatic amines is 1. The maximum atomic E-state index is 8.11. The lowest BCUT2D eigenvalue weighted by Gasteiger charge is -1.94. The Morgan fingerprint density at radius 1 is 1.53 bits per heavy atom. The third-order valence-corrected chi connectivity index (χ3v) is 2.07. The van der Waals surface area contributed by atoms with Gasteiger partial charge >= 0.3 is 0 Å². The Labute approximate surface area is 86.0 Å². The molecule has 0 aliphatic rings. The van der Waals surface area contributed by atoms with Crippen molar-refractivity contribution < 1.29 is 0 Å². The predicted octanol–water partition coefficient (Wildman–Crippen LogP) is 2.89. The number of H-pyrrole nitrogens is 1. The van der Waals surface area contributed by atoms with Crippen molar-refractivity contribution in [3.63, 3.8) is 0 Å². The molecular weight excluding hydrogens is 190 g/mol. The first kappa shape index (κ1) is 9.30. The van der Waals surface area contributed by atoms with Gasteiger partial charge in [0.1, 0.15) is 0 Å². The summed E-state index contributed by atoms with van der Waals surface area (Å²) < 4.78 is 0. The van der Waals surface area contributed by atoms with E-state index < -0.39 is 0 Å². The fraction of sp³-hybridized carbons (Fsp3) is 0.100. The van der Waals surface area contributed by atoms with Crippen LogP contribution in [0.2, 0.25) is 0 Å². The third kappa shape index (κ3) is 1.98. The zero-order valence-electron chi connectivity index (χ0n) is 7.96. The Bertz CT molecular complexity index is 533. The molecule has 0 radical (unpaired) electrons. The molecule has 0 saturated heterocycles. The molecule has 1 aromatic heterocycles. The standard InChI is InChI=1S/C10H9N5/c11-15-12-6-2-4-8-3-1-5-10-9(8)7-13-14-10/h1-5,7H,6H2,(H,13,14). The zero-order valence-corrected chi connectivity index (χ0v) is 7.96. The van der Waals surface area contributed by atoms with Crippen LogP contribution in [0.5, 0.6) is 0 Å². The fourth-order valence-electron chi connectivity index (χ4n) is 1.40. The average molecular weight is 199 g/mol. The van der Waals surface area contributed by atoms with E-state index in [4.69, 9.17) is 5.53 Å². The maximum Gasteiger partial charge on any atom is 0.0656 e. The van der Waals surface area contributed by atoms with E-state index in [2.05, 4.69) is 20.2 Å². The molecule has 74 valence electrons. The van der Waals surface area contributed by atoms with Crippen LogP contribution in [-0.2, 0) is 0 Å². The monoisotopic (exact) mass is 199 g/mol. The molecule has 0 amide bonds. The summed E-state index contributed by atoms with van der Waals surface area (Å²) in [5, 5.41) is 11.4. The highest BCUT2D eigenvalue weighted by atomic mass is 15.1. The molecule has 5 nitrogen and oxygen atoms in total. The molecule has 0 spiro atoms. The fourth-order valence-corrected chi connectivity index (χ4v) is 1.40. The number of nitrogens with zero attached hydrogens (tertiary/aromatic N) is 4. The van der Waals surface area contributed by atoms with E-state index >= 15 is 0 Å². The minimum absolute atomic E-state index is 0.366. The largest absolute Gasteiger partial charge is 0.278 e. The van der Waals surface area contributed by atoms with E-state index in [1.54, 1.807) is 6.20 Å². The Kier molecular flexibility index (Phi) is 2.67. The van der Waals surface area contributed by atoms with Gasteiger partial charge in [-0.1, -0.05) is 29.4 Å². The summed E-state index contributed by atoms with van der Waals surface area (Å²) in [5.74, 6) is 0. The van der Waals surface area contributed by atoms with Crippen molar-refractivity contribution in [1.29, 1.82) is 0 Å². The van der Waals surface area contributed by atoms with Gasteiger partial charge in [-0.3, -0.25) is 5.10 Å². The van der Waals surface area contributed by atoms with Crippen molar-refractivity contribution in [2.75, 3.05) is 6.54 Å². The van der Waals surface area contributed by atoms with E-state index in [0.29, 0.717) is 6.54 Å². The van der Waals surface area contributed by atoms with Crippen LogP contribution in [0, 0.1) is 0 Å². The van der Waals surface area contributed by atoms with Crippen molar-refractivity contribution in [2.45, 2.75) is 0 Å². The van der Waals surface area contributed by atoms with Crippen LogP contribution in [0.25, 0.3) is 27.4 Å². The van der Waals surface area contributed by atoms with Gasteiger partial charge in [0.15, 0.2) is 0 Å². The van der Waals surface area contributed by atoms with Crippen molar-refractivity contribution in [3.05, 3.63) is 46.5 Å². The second-order valence-corrected chi connectivity index (χ2v) is 2.99. The molecule has 0 bridgehead atoms. The lowest BCUT2D eigenvalue weighted by atomic mass is 10.1. The molecule has 1 N–H and O–H groups in total. The number of aromatic nitrogens is 2. The number of hydrogen-bond donors (Lipinski definition) is 1. The van der Waals surface area contributed by atoms with E-state index in [1.807, 2.05) is 30.4 Å². The molecule has 0 fully saturated rings. The van der Waals surface area contributed by atoms with Crippen molar-refractivity contribution in [1.82, 2.24) is 10.2 Å². The number of fused-ring (bicyclic) bond motifs is 1. The normalized spacial score (nSPS) is 10.7. The maximum absolute atomic E-state index is 8.11. The predicted molar refractivity (Wildman–Crippen MR) is 59.1 cm³/mol. The minimum Gasteiger partial charge on any atom is -0.278 e. The molecule has 2 rings (SSSR count). The van der Waals surface area contributed by atoms with Gasteiger partial charge < -0.3 is 0 Å². The zero-order chi connectivity index (χ0) is 10.5. The van der Waals surface area contributed by atoms with E-state index in [-0.39, 0.29) is 0 Å². The summed E-state index contributed by atoms with van der Waals surface area (Å²) in [5.41, 5.74) is 10.2. The molecule has 1 aromatic carbocycles. The summed E-state index contributed by atoms with van der Waals surface area (Å²) in [4.78, 5) is 2.67. The quantitative estimate of drug-likeness (QED) is 0.460. The van der Waals surface area contributed by atoms with Gasteiger partial charge in [-0.05, 0) is 17.2 Å². The first-order chi connectivity index (χ1) is 7.42. The lowest BCUT2D eigenvalue weighted by Crippen LogP contribution is -1.75. The van der Waals surface area contributed by atoms with Crippen LogP contribution in [0.3, 0.4) is 0 Å². The van der Waals surface area contributed by atoms with Gasteiger partial charge in [0.2, 0.25) is 0 Å². The Morgan fingerprint density at radius 2 is 2.47 bits per heavy atom. The molecule has 0 aliphatic heterocycles. The molecule has 5 heteroatoms. The second kappa shape index (κ2) is 4.30. The summed E-state index contributed by atoms with van der Waals surface area (Å²) in [7, 11) is 0. The Morgan fingerprint density at radius 3 is 3.33 bits per heavy atom. The van der Waals surface area contributed by atoms with Crippen LogP contribution in [0.4, 0.5) is 0 Å². The van der Waals surface area contributed by atoms with Gasteiger partial charge in [0.25, 0.3) is 0 Å². The molecule has 0 unspecified atom stereocenters. The van der Waals surface area contributed by atoms with Crippen LogP contribution < -0.4 is 0 Å². The highest BCUT2D eigenvalue weighted by Crippen LogP contribution is 2.16. The number of nitrogens with one attached hydrogen (secondary N) is 1. The highest BCUT2D eigenvalue weighted by Gasteiger charge is 1.97. The summed E-state index contributed by atoms with van der Waals surface area (Å²) in [6.07, 6.45) is 5.52. The van der Waals surface area contributed by atoms with Crippen LogP contribution in [0.1, 0.15) is 5.56 Å². The smallest absolute Gasteiger partial charge is 0.0656 e. The summed E-state index contributed by atoms with van der Waals surface area (Å²) in [6.45, 7) is 0.366.